The number of aryl methyl sites for hydroxylation is 6. The van der Waals surface area contributed by atoms with Gasteiger partial charge in [-0.25, -0.2) is 0 Å². The maximum atomic E-state index is 14.1. The zero-order chi connectivity index (χ0) is 47.7. The molecule has 0 bridgehead atoms. The van der Waals surface area contributed by atoms with E-state index in [1.165, 1.54) is 38.9 Å². The predicted octanol–water partition coefficient (Wildman–Crippen LogP) is 11.6. The maximum Gasteiger partial charge on any atom is 0.248 e. The van der Waals surface area contributed by atoms with Crippen molar-refractivity contribution in [1.29, 1.82) is 0 Å². The minimum atomic E-state index is -0.535. The quantitative estimate of drug-likeness (QED) is 0.0748. The van der Waals surface area contributed by atoms with Crippen molar-refractivity contribution in [1.82, 2.24) is 10.6 Å². The lowest BCUT2D eigenvalue weighted by molar-refractivity contribution is -0.121. The van der Waals surface area contributed by atoms with Crippen LogP contribution in [0.15, 0.2) is 168 Å². The molecule has 67 heavy (non-hydrogen) atoms. The Morgan fingerprint density at radius 1 is 0.537 bits per heavy atom. The van der Waals surface area contributed by atoms with Crippen molar-refractivity contribution < 1.29 is 19.1 Å². The molecular weight excluding hydrogens is 829 g/mol. The van der Waals surface area contributed by atoms with Crippen molar-refractivity contribution in [2.24, 2.45) is 0 Å². The molecule has 8 nitrogen and oxygen atoms in total. The first kappa shape index (κ1) is 49.8. The first-order chi connectivity index (χ1) is 32.4. The van der Waals surface area contributed by atoms with Gasteiger partial charge in [-0.2, -0.15) is 0 Å². The van der Waals surface area contributed by atoms with Crippen molar-refractivity contribution >= 4 is 23.2 Å². The molecule has 7 rings (SSSR count). The number of hydrogen-bond acceptors (Lipinski definition) is 6. The van der Waals surface area contributed by atoms with Crippen LogP contribution in [0, 0.1) is 41.5 Å². The molecule has 0 aliphatic rings. The van der Waals surface area contributed by atoms with Crippen LogP contribution in [0.4, 0.5) is 11.4 Å². The minimum Gasteiger partial charge on any atom is -0.468 e. The Balaban J connectivity index is 0.000000221. The number of aliphatic hydroxyl groups excluding tert-OH is 1. The number of rotatable bonds is 19. The van der Waals surface area contributed by atoms with E-state index in [1.807, 2.05) is 102 Å². The van der Waals surface area contributed by atoms with Crippen LogP contribution in [-0.2, 0) is 29.0 Å². The van der Waals surface area contributed by atoms with Gasteiger partial charge in [-0.1, -0.05) is 139 Å². The Labute approximate surface area is 398 Å². The standard InChI is InChI=1S/C30H32N2O2.C29H36N2O2/c1-22-11-14-25(15-12-22)17-18-32(27-16-13-23(2)24(3)20-27)30(33)29(26-8-5-4-6-9-26)31-21-28-10-7-19-34-28;1-5-27(32)20-30-28(25-9-7-6-8-10-25)29(33)31(26-16-13-22(3)23(4)19-26)18-17-24-14-11-21(2)12-15-24/h4-16,19-20,29,31H,17-18,21H2,1-3H3;6-16,19,27-28,30,32H,5,17-18,20H2,1-4H3. The topological polar surface area (TPSA) is 98.0 Å². The molecule has 0 saturated heterocycles. The number of nitrogens with zero attached hydrogens (tertiary/aromatic N) is 2. The van der Waals surface area contributed by atoms with E-state index in [1.54, 1.807) is 6.26 Å². The number of amides is 2. The summed E-state index contributed by atoms with van der Waals surface area (Å²) < 4.78 is 5.50. The van der Waals surface area contributed by atoms with E-state index < -0.39 is 18.2 Å². The van der Waals surface area contributed by atoms with E-state index in [0.717, 1.165) is 46.7 Å². The molecule has 0 fully saturated rings. The molecule has 2 amide bonds. The highest BCUT2D eigenvalue weighted by Crippen LogP contribution is 2.27. The summed E-state index contributed by atoms with van der Waals surface area (Å²) in [5.74, 6) is 0.805. The fourth-order valence-electron chi connectivity index (χ4n) is 7.82. The van der Waals surface area contributed by atoms with Crippen LogP contribution in [0.2, 0.25) is 0 Å². The highest BCUT2D eigenvalue weighted by atomic mass is 16.3. The van der Waals surface area contributed by atoms with Crippen LogP contribution < -0.4 is 20.4 Å². The molecule has 0 aliphatic heterocycles. The van der Waals surface area contributed by atoms with Crippen molar-refractivity contribution in [2.45, 2.75) is 92.5 Å². The van der Waals surface area contributed by atoms with Crippen LogP contribution in [0.1, 0.15) is 86.8 Å². The van der Waals surface area contributed by atoms with Gasteiger partial charge in [0.05, 0.1) is 18.9 Å². The average Bonchev–Trinajstić information content (AvgIpc) is 3.87. The van der Waals surface area contributed by atoms with E-state index >= 15 is 0 Å². The lowest BCUT2D eigenvalue weighted by Gasteiger charge is -2.29. The second-order valence-corrected chi connectivity index (χ2v) is 17.6. The van der Waals surface area contributed by atoms with E-state index in [2.05, 4.69) is 125 Å². The normalized spacial score (nSPS) is 12.4. The zero-order valence-corrected chi connectivity index (χ0v) is 40.3. The van der Waals surface area contributed by atoms with Gasteiger partial charge in [-0.3, -0.25) is 20.2 Å². The van der Waals surface area contributed by atoms with Crippen molar-refractivity contribution in [3.8, 4) is 0 Å². The number of hydrogen-bond donors (Lipinski definition) is 3. The number of furan rings is 1. The van der Waals surface area contributed by atoms with Crippen LogP contribution in [-0.4, -0.2) is 42.7 Å². The first-order valence-corrected chi connectivity index (χ1v) is 23.6. The van der Waals surface area contributed by atoms with Gasteiger partial charge in [0.25, 0.3) is 0 Å². The molecule has 3 N–H and O–H groups in total. The van der Waals surface area contributed by atoms with Crippen LogP contribution >= 0.6 is 0 Å². The summed E-state index contributed by atoms with van der Waals surface area (Å²) >= 11 is 0. The number of nitrogens with one attached hydrogen (secondary N) is 2. The predicted molar refractivity (Wildman–Crippen MR) is 275 cm³/mol. The molecule has 7 aromatic rings. The fourth-order valence-corrected chi connectivity index (χ4v) is 7.82. The Hall–Kier alpha value is -6.58. The fraction of sp³-hybridized carbons (Fsp3) is 0.288. The minimum absolute atomic E-state index is 0.0140. The summed E-state index contributed by atoms with van der Waals surface area (Å²) in [6.45, 7) is 16.4. The van der Waals surface area contributed by atoms with Crippen LogP contribution in [0.3, 0.4) is 0 Å². The Morgan fingerprint density at radius 3 is 1.39 bits per heavy atom. The lowest BCUT2D eigenvalue weighted by atomic mass is 10.0. The number of aliphatic hydroxyl groups is 1. The third-order valence-electron chi connectivity index (χ3n) is 12.5. The molecule has 0 radical (unpaired) electrons. The zero-order valence-electron chi connectivity index (χ0n) is 40.3. The van der Waals surface area contributed by atoms with Gasteiger partial charge in [0.2, 0.25) is 11.8 Å². The number of anilines is 2. The molecule has 1 heterocycles. The highest BCUT2D eigenvalue weighted by molar-refractivity contribution is 5.99. The van der Waals surface area contributed by atoms with Crippen LogP contribution in [0.5, 0.6) is 0 Å². The molecular formula is C59H68N4O4. The number of benzene rings is 6. The summed E-state index contributed by atoms with van der Waals surface area (Å²) in [6, 6.07) is 51.8. The van der Waals surface area contributed by atoms with E-state index in [4.69, 9.17) is 4.42 Å². The third kappa shape index (κ3) is 14.5. The second kappa shape index (κ2) is 24.8. The summed E-state index contributed by atoms with van der Waals surface area (Å²) in [5, 5.41) is 16.9. The monoisotopic (exact) mass is 897 g/mol. The molecule has 1 aromatic heterocycles. The molecule has 3 atom stereocenters. The Morgan fingerprint density at radius 2 is 0.985 bits per heavy atom. The van der Waals surface area contributed by atoms with Crippen LogP contribution in [0.25, 0.3) is 0 Å². The van der Waals surface area contributed by atoms with E-state index in [9.17, 15) is 14.7 Å². The van der Waals surface area contributed by atoms with Gasteiger partial charge in [0, 0.05) is 31.0 Å². The molecule has 0 aliphatic carbocycles. The molecule has 3 unspecified atom stereocenters. The van der Waals surface area contributed by atoms with E-state index in [0.29, 0.717) is 32.6 Å². The molecule has 6 aromatic carbocycles. The number of carbonyl (C=O) groups excluding carboxylic acids is 2. The summed E-state index contributed by atoms with van der Waals surface area (Å²) in [6.07, 6.45) is 3.33. The van der Waals surface area contributed by atoms with Gasteiger partial charge in [0.15, 0.2) is 0 Å². The van der Waals surface area contributed by atoms with Crippen molar-refractivity contribution in [3.63, 3.8) is 0 Å². The SMILES string of the molecule is CCC(O)CNC(C(=O)N(CCc1ccc(C)cc1)c1ccc(C)c(C)c1)c1ccccc1.Cc1ccc(CCN(C(=O)C(NCc2ccco2)c2ccccc2)c2ccc(C)c(C)c2)cc1. The van der Waals surface area contributed by atoms with Crippen molar-refractivity contribution in [2.75, 3.05) is 29.4 Å². The smallest absolute Gasteiger partial charge is 0.248 e. The number of carbonyl (C=O) groups is 2. The van der Waals surface area contributed by atoms with E-state index in [-0.39, 0.29) is 11.8 Å². The van der Waals surface area contributed by atoms with Gasteiger partial charge in [-0.15, -0.1) is 0 Å². The first-order valence-electron chi connectivity index (χ1n) is 23.6. The van der Waals surface area contributed by atoms with Gasteiger partial charge in [-0.05, 0) is 142 Å². The lowest BCUT2D eigenvalue weighted by Crippen LogP contribution is -2.44. The Bertz CT molecular complexity index is 2590. The molecule has 8 heteroatoms. The molecule has 0 spiro atoms. The van der Waals surface area contributed by atoms with Gasteiger partial charge >= 0.3 is 0 Å². The summed E-state index contributed by atoms with van der Waals surface area (Å²) in [5.41, 5.74) is 13.3. The highest BCUT2D eigenvalue weighted by Gasteiger charge is 2.29. The Kier molecular flexibility index (Phi) is 18.5. The second-order valence-electron chi connectivity index (χ2n) is 17.6. The maximum absolute atomic E-state index is 14.1. The van der Waals surface area contributed by atoms with Gasteiger partial charge in [0.1, 0.15) is 17.8 Å². The van der Waals surface area contributed by atoms with Crippen molar-refractivity contribution in [3.05, 3.63) is 225 Å². The van der Waals surface area contributed by atoms with Gasteiger partial charge < -0.3 is 19.3 Å². The summed E-state index contributed by atoms with van der Waals surface area (Å²) in [4.78, 5) is 31.9. The largest absolute Gasteiger partial charge is 0.468 e. The third-order valence-corrected chi connectivity index (χ3v) is 12.5. The summed E-state index contributed by atoms with van der Waals surface area (Å²) in [7, 11) is 0. The molecule has 348 valence electrons. The molecule has 0 saturated carbocycles. The average molecular weight is 897 g/mol.